The Morgan fingerprint density at radius 3 is 2.26 bits per heavy atom. The van der Waals surface area contributed by atoms with Crippen molar-refractivity contribution in [3.63, 3.8) is 0 Å². The largest absolute Gasteiger partial charge is 0.393 e. The van der Waals surface area contributed by atoms with Crippen LogP contribution in [0.4, 0.5) is 28.7 Å². The summed E-state index contributed by atoms with van der Waals surface area (Å²) in [5.41, 5.74) is 8.00. The molecule has 0 unspecified atom stereocenters. The van der Waals surface area contributed by atoms with Crippen molar-refractivity contribution in [2.45, 2.75) is 0 Å². The number of nitrogen functional groups attached to an aromatic ring is 1. The van der Waals surface area contributed by atoms with Crippen LogP contribution in [0.25, 0.3) is 0 Å². The number of anilines is 5. The number of nitrogens with zero attached hydrogens (tertiary/aromatic N) is 3. The van der Waals surface area contributed by atoms with Crippen molar-refractivity contribution in [3.05, 3.63) is 58.5 Å². The fraction of sp³-hybridized carbons (Fsp3) is 0. The van der Waals surface area contributed by atoms with Gasteiger partial charge in [0.1, 0.15) is 12.0 Å². The van der Waals surface area contributed by atoms with E-state index < -0.39 is 0 Å². The van der Waals surface area contributed by atoms with Crippen LogP contribution in [0.5, 0.6) is 0 Å². The maximum Gasteiger partial charge on any atom is 0.159 e. The fourth-order valence-corrected chi connectivity index (χ4v) is 2.44. The Bertz CT molecular complexity index is 776. The van der Waals surface area contributed by atoms with Gasteiger partial charge in [-0.25, -0.2) is 15.0 Å². The highest BCUT2D eigenvalue weighted by Crippen LogP contribution is 2.31. The molecule has 6 nitrogen and oxygen atoms in total. The van der Waals surface area contributed by atoms with Crippen LogP contribution >= 0.6 is 27.5 Å². The molecule has 23 heavy (non-hydrogen) atoms. The van der Waals surface area contributed by atoms with E-state index in [2.05, 4.69) is 41.5 Å². The topological polar surface area (TPSA) is 88.8 Å². The summed E-state index contributed by atoms with van der Waals surface area (Å²) in [5.74, 6) is 0.943. The van der Waals surface area contributed by atoms with Gasteiger partial charge >= 0.3 is 0 Å². The summed E-state index contributed by atoms with van der Waals surface area (Å²) in [7, 11) is 0. The van der Waals surface area contributed by atoms with Gasteiger partial charge in [-0.05, 0) is 40.2 Å². The molecule has 1 aromatic carbocycles. The number of pyridine rings is 1. The highest BCUT2D eigenvalue weighted by atomic mass is 79.9. The number of para-hydroxylation sites is 1. The first-order valence-electron chi connectivity index (χ1n) is 6.64. The first kappa shape index (κ1) is 15.5. The maximum absolute atomic E-state index is 6.15. The molecule has 0 radical (unpaired) electrons. The van der Waals surface area contributed by atoms with Gasteiger partial charge in [-0.1, -0.05) is 23.7 Å². The third-order valence-corrected chi connectivity index (χ3v) is 4.02. The lowest BCUT2D eigenvalue weighted by Gasteiger charge is -2.13. The van der Waals surface area contributed by atoms with Crippen molar-refractivity contribution in [1.29, 1.82) is 0 Å². The average molecular weight is 392 g/mol. The highest BCUT2D eigenvalue weighted by Gasteiger charge is 2.11. The first-order chi connectivity index (χ1) is 11.1. The van der Waals surface area contributed by atoms with Gasteiger partial charge in [0.2, 0.25) is 0 Å². The lowest BCUT2D eigenvalue weighted by atomic mass is 10.3. The lowest BCUT2D eigenvalue weighted by molar-refractivity contribution is 1.17. The molecule has 0 saturated carbocycles. The zero-order valence-electron chi connectivity index (χ0n) is 11.8. The Morgan fingerprint density at radius 1 is 0.913 bits per heavy atom. The van der Waals surface area contributed by atoms with Gasteiger partial charge < -0.3 is 16.4 Å². The van der Waals surface area contributed by atoms with E-state index in [4.69, 9.17) is 17.3 Å². The molecular formula is C15H12BrClN6. The minimum Gasteiger partial charge on any atom is -0.393 e. The third kappa shape index (κ3) is 3.52. The van der Waals surface area contributed by atoms with E-state index in [0.717, 1.165) is 10.2 Å². The molecule has 8 heteroatoms. The zero-order valence-corrected chi connectivity index (χ0v) is 14.1. The SMILES string of the molecule is Nc1c(Nc2ccccc2Br)ncnc1Nc1cccnc1Cl. The summed E-state index contributed by atoms with van der Waals surface area (Å²) in [4.78, 5) is 12.3. The van der Waals surface area contributed by atoms with Gasteiger partial charge in [-0.2, -0.15) is 0 Å². The Balaban J connectivity index is 1.90. The summed E-state index contributed by atoms with van der Waals surface area (Å²) in [6.45, 7) is 0. The molecule has 2 heterocycles. The summed E-state index contributed by atoms with van der Waals surface area (Å²) >= 11 is 9.51. The Kier molecular flexibility index (Phi) is 4.59. The Hall–Kier alpha value is -2.38. The van der Waals surface area contributed by atoms with Crippen molar-refractivity contribution >= 4 is 56.2 Å². The molecule has 0 atom stereocenters. The van der Waals surface area contributed by atoms with E-state index in [1.54, 1.807) is 18.3 Å². The van der Waals surface area contributed by atoms with Crippen molar-refractivity contribution in [3.8, 4) is 0 Å². The predicted octanol–water partition coefficient (Wildman–Crippen LogP) is 4.36. The van der Waals surface area contributed by atoms with Crippen LogP contribution in [0, 0.1) is 0 Å². The van der Waals surface area contributed by atoms with E-state index in [0.29, 0.717) is 28.2 Å². The van der Waals surface area contributed by atoms with E-state index in [9.17, 15) is 0 Å². The molecule has 4 N–H and O–H groups in total. The van der Waals surface area contributed by atoms with Crippen molar-refractivity contribution in [2.24, 2.45) is 0 Å². The molecule has 0 amide bonds. The van der Waals surface area contributed by atoms with Gasteiger partial charge in [-0.15, -0.1) is 0 Å². The molecule has 2 aromatic heterocycles. The van der Waals surface area contributed by atoms with Gasteiger partial charge in [0.05, 0.1) is 11.4 Å². The lowest BCUT2D eigenvalue weighted by Crippen LogP contribution is -2.05. The molecule has 0 aliphatic rings. The van der Waals surface area contributed by atoms with Crippen LogP contribution in [-0.2, 0) is 0 Å². The highest BCUT2D eigenvalue weighted by molar-refractivity contribution is 9.10. The van der Waals surface area contributed by atoms with E-state index in [1.165, 1.54) is 6.33 Å². The van der Waals surface area contributed by atoms with E-state index in [1.807, 2.05) is 24.3 Å². The second kappa shape index (κ2) is 6.80. The minimum atomic E-state index is 0.339. The molecule has 3 rings (SSSR count). The summed E-state index contributed by atoms with van der Waals surface area (Å²) in [6.07, 6.45) is 3.03. The molecule has 0 bridgehead atoms. The normalized spacial score (nSPS) is 10.3. The molecule has 0 spiro atoms. The maximum atomic E-state index is 6.15. The van der Waals surface area contributed by atoms with Crippen LogP contribution in [0.2, 0.25) is 5.15 Å². The molecule has 0 aliphatic heterocycles. The van der Waals surface area contributed by atoms with E-state index >= 15 is 0 Å². The number of aromatic nitrogens is 3. The van der Waals surface area contributed by atoms with Crippen LogP contribution in [-0.4, -0.2) is 15.0 Å². The number of benzene rings is 1. The molecule has 0 fully saturated rings. The fourth-order valence-electron chi connectivity index (χ4n) is 1.89. The molecule has 116 valence electrons. The van der Waals surface area contributed by atoms with Crippen LogP contribution in [0.1, 0.15) is 0 Å². The molecule has 0 saturated heterocycles. The zero-order chi connectivity index (χ0) is 16.2. The predicted molar refractivity (Wildman–Crippen MR) is 96.4 cm³/mol. The molecule has 0 aliphatic carbocycles. The summed E-state index contributed by atoms with van der Waals surface area (Å²) in [5, 5.41) is 6.57. The van der Waals surface area contributed by atoms with Crippen molar-refractivity contribution in [2.75, 3.05) is 16.4 Å². The molecule has 3 aromatic rings. The smallest absolute Gasteiger partial charge is 0.159 e. The van der Waals surface area contributed by atoms with Crippen LogP contribution in [0.15, 0.2) is 53.4 Å². The number of hydrogen-bond acceptors (Lipinski definition) is 6. The number of nitrogens with one attached hydrogen (secondary N) is 2. The van der Waals surface area contributed by atoms with Crippen molar-refractivity contribution in [1.82, 2.24) is 15.0 Å². The van der Waals surface area contributed by atoms with Crippen LogP contribution in [0.3, 0.4) is 0 Å². The Labute approximate surface area is 146 Å². The number of nitrogens with two attached hydrogens (primary N) is 1. The second-order valence-electron chi connectivity index (χ2n) is 4.56. The van der Waals surface area contributed by atoms with E-state index in [-0.39, 0.29) is 0 Å². The number of rotatable bonds is 4. The quantitative estimate of drug-likeness (QED) is 0.573. The average Bonchev–Trinajstić information content (AvgIpc) is 2.55. The first-order valence-corrected chi connectivity index (χ1v) is 7.82. The molecular weight excluding hydrogens is 380 g/mol. The third-order valence-electron chi connectivity index (χ3n) is 3.02. The minimum absolute atomic E-state index is 0.339. The van der Waals surface area contributed by atoms with Gasteiger partial charge in [0.15, 0.2) is 16.8 Å². The van der Waals surface area contributed by atoms with Crippen molar-refractivity contribution < 1.29 is 0 Å². The number of halogens is 2. The second-order valence-corrected chi connectivity index (χ2v) is 5.77. The monoisotopic (exact) mass is 390 g/mol. The van der Waals surface area contributed by atoms with Gasteiger partial charge in [0, 0.05) is 10.7 Å². The summed E-state index contributed by atoms with van der Waals surface area (Å²) in [6, 6.07) is 11.2. The summed E-state index contributed by atoms with van der Waals surface area (Å²) < 4.78 is 0.905. The van der Waals surface area contributed by atoms with Crippen LogP contribution < -0.4 is 16.4 Å². The Morgan fingerprint density at radius 2 is 1.57 bits per heavy atom. The van der Waals surface area contributed by atoms with Gasteiger partial charge in [-0.3, -0.25) is 0 Å². The number of hydrogen-bond donors (Lipinski definition) is 3. The van der Waals surface area contributed by atoms with Gasteiger partial charge in [0.25, 0.3) is 0 Å². The standard InChI is InChI=1S/C15H12BrClN6/c16-9-4-1-2-5-10(9)22-14-12(18)15(21-8-20-14)23-11-6-3-7-19-13(11)17/h1-8H,18H2,(H2,20,21,22,23).